The number of aryl methyl sites for hydroxylation is 1. The van der Waals surface area contributed by atoms with Gasteiger partial charge in [0.05, 0.1) is 5.54 Å². The maximum atomic E-state index is 12.6. The van der Waals surface area contributed by atoms with E-state index in [0.29, 0.717) is 18.2 Å². The van der Waals surface area contributed by atoms with Crippen molar-refractivity contribution in [2.45, 2.75) is 44.2 Å². The van der Waals surface area contributed by atoms with Crippen LogP contribution in [0, 0.1) is 6.92 Å². The lowest BCUT2D eigenvalue weighted by Crippen LogP contribution is -2.53. The molecule has 1 amide bonds. The number of benzene rings is 2. The van der Waals surface area contributed by atoms with E-state index in [2.05, 4.69) is 71.3 Å². The molecule has 2 aromatic rings. The first-order chi connectivity index (χ1) is 12.6. The first kappa shape index (κ1) is 17.3. The average molecular weight is 348 g/mol. The molecular formula is C23H28N2O. The van der Waals surface area contributed by atoms with Gasteiger partial charge in [-0.05, 0) is 30.9 Å². The number of nitrogens with zero attached hydrogens (tertiary/aromatic N) is 2. The second-order valence-electron chi connectivity index (χ2n) is 7.99. The molecular weight excluding hydrogens is 320 g/mol. The fraction of sp³-hybridized carbons (Fsp3) is 0.435. The van der Waals surface area contributed by atoms with Gasteiger partial charge in [0.1, 0.15) is 0 Å². The summed E-state index contributed by atoms with van der Waals surface area (Å²) >= 11 is 0. The van der Waals surface area contributed by atoms with Crippen LogP contribution in [0.5, 0.6) is 0 Å². The van der Waals surface area contributed by atoms with Crippen molar-refractivity contribution in [2.75, 3.05) is 20.1 Å². The van der Waals surface area contributed by atoms with E-state index in [9.17, 15) is 4.79 Å². The zero-order valence-corrected chi connectivity index (χ0v) is 15.8. The monoisotopic (exact) mass is 348 g/mol. The Kier molecular flexibility index (Phi) is 4.58. The Morgan fingerprint density at radius 1 is 1.04 bits per heavy atom. The number of rotatable bonds is 3. The highest BCUT2D eigenvalue weighted by molar-refractivity contribution is 5.81. The van der Waals surface area contributed by atoms with Crippen molar-refractivity contribution < 1.29 is 4.79 Å². The number of hydrogen-bond donors (Lipinski definition) is 0. The average Bonchev–Trinajstić information content (AvgIpc) is 2.90. The van der Waals surface area contributed by atoms with E-state index in [4.69, 9.17) is 0 Å². The van der Waals surface area contributed by atoms with Crippen LogP contribution in [0.1, 0.15) is 41.9 Å². The SMILES string of the molecule is Cc1cccc(CN2CCC3(CC2)C(c2ccccc2)CC(=O)N3C)c1. The lowest BCUT2D eigenvalue weighted by molar-refractivity contribution is -0.130. The van der Waals surface area contributed by atoms with E-state index in [-0.39, 0.29) is 5.54 Å². The van der Waals surface area contributed by atoms with Crippen LogP contribution in [0.2, 0.25) is 0 Å². The summed E-state index contributed by atoms with van der Waals surface area (Å²) < 4.78 is 0. The minimum Gasteiger partial charge on any atom is -0.339 e. The number of hydrogen-bond acceptors (Lipinski definition) is 2. The molecule has 0 aromatic heterocycles. The molecule has 4 rings (SSSR count). The Labute approximate surface area is 156 Å². The molecule has 3 heteroatoms. The highest BCUT2D eigenvalue weighted by Crippen LogP contribution is 2.48. The van der Waals surface area contributed by atoms with E-state index < -0.39 is 0 Å². The number of amides is 1. The topological polar surface area (TPSA) is 23.6 Å². The Bertz CT molecular complexity index is 778. The Morgan fingerprint density at radius 3 is 2.46 bits per heavy atom. The minimum atomic E-state index is -0.0124. The molecule has 2 aliphatic rings. The molecule has 2 heterocycles. The van der Waals surface area contributed by atoms with Crippen LogP contribution in [-0.2, 0) is 11.3 Å². The van der Waals surface area contributed by atoms with E-state index >= 15 is 0 Å². The van der Waals surface area contributed by atoms with Crippen molar-refractivity contribution in [3.8, 4) is 0 Å². The summed E-state index contributed by atoms with van der Waals surface area (Å²) in [6.07, 6.45) is 2.76. The smallest absolute Gasteiger partial charge is 0.223 e. The van der Waals surface area contributed by atoms with Crippen LogP contribution in [0.3, 0.4) is 0 Å². The van der Waals surface area contributed by atoms with Crippen molar-refractivity contribution in [2.24, 2.45) is 0 Å². The van der Waals surface area contributed by atoms with Crippen LogP contribution < -0.4 is 0 Å². The van der Waals surface area contributed by atoms with Gasteiger partial charge in [-0.2, -0.15) is 0 Å². The molecule has 2 fully saturated rings. The Hall–Kier alpha value is -2.13. The molecule has 0 radical (unpaired) electrons. The van der Waals surface area contributed by atoms with Gasteiger partial charge >= 0.3 is 0 Å². The highest BCUT2D eigenvalue weighted by Gasteiger charge is 2.52. The van der Waals surface area contributed by atoms with Gasteiger partial charge in [-0.25, -0.2) is 0 Å². The first-order valence-corrected chi connectivity index (χ1v) is 9.68. The van der Waals surface area contributed by atoms with Crippen LogP contribution >= 0.6 is 0 Å². The Balaban J connectivity index is 1.51. The first-order valence-electron chi connectivity index (χ1n) is 9.68. The minimum absolute atomic E-state index is 0.0124. The quantitative estimate of drug-likeness (QED) is 0.838. The molecule has 1 unspecified atom stereocenters. The van der Waals surface area contributed by atoms with Crippen LogP contribution in [0.4, 0.5) is 0 Å². The van der Waals surface area contributed by atoms with E-state index in [1.165, 1.54) is 16.7 Å². The molecule has 136 valence electrons. The fourth-order valence-electron chi connectivity index (χ4n) is 4.95. The van der Waals surface area contributed by atoms with Crippen LogP contribution in [-0.4, -0.2) is 41.4 Å². The van der Waals surface area contributed by atoms with E-state index in [1.54, 1.807) is 0 Å². The van der Waals surface area contributed by atoms with E-state index in [0.717, 1.165) is 32.5 Å². The molecule has 0 N–H and O–H groups in total. The van der Waals surface area contributed by atoms with Gasteiger partial charge in [-0.1, -0.05) is 60.2 Å². The zero-order chi connectivity index (χ0) is 18.1. The van der Waals surface area contributed by atoms with Crippen molar-refractivity contribution in [1.82, 2.24) is 9.80 Å². The standard InChI is InChI=1S/C23H28N2O/c1-18-7-6-8-19(15-18)17-25-13-11-23(12-14-25)21(16-22(26)24(23)2)20-9-4-3-5-10-20/h3-10,15,21H,11-14,16-17H2,1-2H3. The third kappa shape index (κ3) is 3.05. The number of carbonyl (C=O) groups is 1. The van der Waals surface area contributed by atoms with Gasteiger partial charge < -0.3 is 4.90 Å². The summed E-state index contributed by atoms with van der Waals surface area (Å²) in [5.41, 5.74) is 4.01. The molecule has 1 spiro atoms. The van der Waals surface area contributed by atoms with Gasteiger partial charge in [-0.15, -0.1) is 0 Å². The van der Waals surface area contributed by atoms with Crippen molar-refractivity contribution in [1.29, 1.82) is 0 Å². The summed E-state index contributed by atoms with van der Waals surface area (Å²) in [5, 5.41) is 0. The van der Waals surface area contributed by atoms with Gasteiger partial charge in [0.2, 0.25) is 5.91 Å². The second-order valence-corrected chi connectivity index (χ2v) is 7.99. The highest BCUT2D eigenvalue weighted by atomic mass is 16.2. The predicted octanol–water partition coefficient (Wildman–Crippen LogP) is 3.98. The molecule has 1 atom stereocenters. The second kappa shape index (κ2) is 6.88. The largest absolute Gasteiger partial charge is 0.339 e. The number of likely N-dealkylation sites (N-methyl/N-ethyl adjacent to an activating group) is 1. The summed E-state index contributed by atoms with van der Waals surface area (Å²) in [6, 6.07) is 19.4. The molecule has 2 saturated heterocycles. The van der Waals surface area contributed by atoms with Gasteiger partial charge in [0.15, 0.2) is 0 Å². The van der Waals surface area contributed by atoms with Gasteiger partial charge in [0.25, 0.3) is 0 Å². The summed E-state index contributed by atoms with van der Waals surface area (Å²) in [4.78, 5) is 17.2. The van der Waals surface area contributed by atoms with Gasteiger partial charge in [-0.3, -0.25) is 9.69 Å². The zero-order valence-electron chi connectivity index (χ0n) is 15.8. The van der Waals surface area contributed by atoms with Gasteiger partial charge in [0, 0.05) is 39.0 Å². The number of likely N-dealkylation sites (tertiary alicyclic amines) is 2. The normalized spacial score (nSPS) is 22.9. The van der Waals surface area contributed by atoms with Crippen LogP contribution in [0.25, 0.3) is 0 Å². The number of piperidine rings is 1. The van der Waals surface area contributed by atoms with Crippen molar-refractivity contribution in [3.05, 3.63) is 71.3 Å². The van der Waals surface area contributed by atoms with Crippen LogP contribution in [0.15, 0.2) is 54.6 Å². The lowest BCUT2D eigenvalue weighted by Gasteiger charge is -2.47. The van der Waals surface area contributed by atoms with E-state index in [1.807, 2.05) is 7.05 Å². The molecule has 3 nitrogen and oxygen atoms in total. The third-order valence-corrected chi connectivity index (χ3v) is 6.48. The maximum absolute atomic E-state index is 12.6. The molecule has 26 heavy (non-hydrogen) atoms. The van der Waals surface area contributed by atoms with Crippen molar-refractivity contribution >= 4 is 5.91 Å². The molecule has 2 aromatic carbocycles. The lowest BCUT2D eigenvalue weighted by atomic mass is 9.73. The predicted molar refractivity (Wildman–Crippen MR) is 105 cm³/mol. The third-order valence-electron chi connectivity index (χ3n) is 6.48. The number of carbonyl (C=O) groups excluding carboxylic acids is 1. The summed E-state index contributed by atoms with van der Waals surface area (Å²) in [6.45, 7) is 5.26. The molecule has 2 aliphatic heterocycles. The van der Waals surface area contributed by atoms with Crippen molar-refractivity contribution in [3.63, 3.8) is 0 Å². The fourth-order valence-corrected chi connectivity index (χ4v) is 4.95. The summed E-state index contributed by atoms with van der Waals surface area (Å²) in [7, 11) is 2.02. The molecule has 0 bridgehead atoms. The molecule has 0 saturated carbocycles. The maximum Gasteiger partial charge on any atom is 0.223 e. The Morgan fingerprint density at radius 2 is 1.77 bits per heavy atom. The summed E-state index contributed by atoms with van der Waals surface area (Å²) in [5.74, 6) is 0.619. The molecule has 0 aliphatic carbocycles.